The predicted molar refractivity (Wildman–Crippen MR) is 83.3 cm³/mol. The van der Waals surface area contributed by atoms with Crippen molar-refractivity contribution in [1.82, 2.24) is 5.32 Å². The lowest BCUT2D eigenvalue weighted by Crippen LogP contribution is -2.21. The van der Waals surface area contributed by atoms with E-state index in [1.54, 1.807) is 0 Å². The van der Waals surface area contributed by atoms with Crippen LogP contribution in [0.1, 0.15) is 45.2 Å². The first-order valence-corrected chi connectivity index (χ1v) is 7.82. The van der Waals surface area contributed by atoms with Crippen LogP contribution in [0, 0.1) is 0 Å². The summed E-state index contributed by atoms with van der Waals surface area (Å²) in [5.41, 5.74) is 2.68. The Morgan fingerprint density at radius 2 is 1.89 bits per heavy atom. The third kappa shape index (κ3) is 4.87. The lowest BCUT2D eigenvalue weighted by atomic mass is 9.98. The van der Waals surface area contributed by atoms with E-state index in [0.717, 1.165) is 25.1 Å². The van der Waals surface area contributed by atoms with Crippen molar-refractivity contribution in [3.63, 3.8) is 0 Å². The molecular weight excluding hydrogens is 238 g/mol. The van der Waals surface area contributed by atoms with Gasteiger partial charge in [0.15, 0.2) is 0 Å². The average molecular weight is 263 g/mol. The van der Waals surface area contributed by atoms with Crippen molar-refractivity contribution in [1.29, 1.82) is 0 Å². The minimum atomic E-state index is 0.406. The Labute approximate surface area is 116 Å². The van der Waals surface area contributed by atoms with Crippen LogP contribution in [-0.2, 0) is 0 Å². The van der Waals surface area contributed by atoms with E-state index in [4.69, 9.17) is 0 Å². The standard InChI is InChI=1S/C16H25NS/c1-5-13(4)12-16(17-6-2)14-8-10-15(11-9-14)18-7-3/h8-11,16-17H,4-7,12H2,1-3H3. The van der Waals surface area contributed by atoms with Gasteiger partial charge >= 0.3 is 0 Å². The molecule has 0 spiro atoms. The first kappa shape index (κ1) is 15.3. The SMILES string of the molecule is C=C(CC)CC(NCC)c1ccc(SCC)cc1. The van der Waals surface area contributed by atoms with E-state index in [1.165, 1.54) is 16.0 Å². The fourth-order valence-electron chi connectivity index (χ4n) is 1.95. The smallest absolute Gasteiger partial charge is 0.0357 e. The van der Waals surface area contributed by atoms with Crippen LogP contribution in [0.15, 0.2) is 41.3 Å². The molecule has 0 aliphatic carbocycles. The van der Waals surface area contributed by atoms with Gasteiger partial charge in [-0.25, -0.2) is 0 Å². The molecule has 100 valence electrons. The van der Waals surface area contributed by atoms with E-state index in [1.807, 2.05) is 11.8 Å². The molecule has 2 heteroatoms. The van der Waals surface area contributed by atoms with Gasteiger partial charge in [0.25, 0.3) is 0 Å². The zero-order valence-electron chi connectivity index (χ0n) is 11.8. The number of hydrogen-bond donors (Lipinski definition) is 1. The maximum atomic E-state index is 4.12. The van der Waals surface area contributed by atoms with Crippen LogP contribution in [0.4, 0.5) is 0 Å². The molecule has 0 aromatic heterocycles. The number of hydrogen-bond acceptors (Lipinski definition) is 2. The normalized spacial score (nSPS) is 12.4. The van der Waals surface area contributed by atoms with Gasteiger partial charge in [-0.3, -0.25) is 0 Å². The fourth-order valence-corrected chi connectivity index (χ4v) is 2.61. The minimum absolute atomic E-state index is 0.406. The summed E-state index contributed by atoms with van der Waals surface area (Å²) >= 11 is 1.89. The molecule has 1 atom stereocenters. The van der Waals surface area contributed by atoms with Gasteiger partial charge in [0.1, 0.15) is 0 Å². The molecule has 0 aliphatic heterocycles. The lowest BCUT2D eigenvalue weighted by Gasteiger charge is -2.19. The van der Waals surface area contributed by atoms with E-state index in [9.17, 15) is 0 Å². The largest absolute Gasteiger partial charge is 0.310 e. The third-order valence-electron chi connectivity index (χ3n) is 3.04. The van der Waals surface area contributed by atoms with Crippen molar-refractivity contribution in [3.8, 4) is 0 Å². The Morgan fingerprint density at radius 3 is 2.39 bits per heavy atom. The summed E-state index contributed by atoms with van der Waals surface area (Å²) < 4.78 is 0. The molecule has 1 nitrogen and oxygen atoms in total. The van der Waals surface area contributed by atoms with Crippen molar-refractivity contribution < 1.29 is 0 Å². The minimum Gasteiger partial charge on any atom is -0.310 e. The molecule has 1 unspecified atom stereocenters. The highest BCUT2D eigenvalue weighted by Gasteiger charge is 2.10. The maximum absolute atomic E-state index is 4.12. The molecule has 18 heavy (non-hydrogen) atoms. The summed E-state index contributed by atoms with van der Waals surface area (Å²) in [5, 5.41) is 3.55. The van der Waals surface area contributed by atoms with Crippen LogP contribution >= 0.6 is 11.8 Å². The van der Waals surface area contributed by atoms with Gasteiger partial charge in [-0.15, -0.1) is 11.8 Å². The maximum Gasteiger partial charge on any atom is 0.0357 e. The predicted octanol–water partition coefficient (Wildman–Crippen LogP) is 4.81. The van der Waals surface area contributed by atoms with Crippen LogP contribution < -0.4 is 5.32 Å². The van der Waals surface area contributed by atoms with E-state index in [0.29, 0.717) is 6.04 Å². The number of thioether (sulfide) groups is 1. The molecule has 0 amide bonds. The van der Waals surface area contributed by atoms with E-state index in [2.05, 4.69) is 56.9 Å². The summed E-state index contributed by atoms with van der Waals surface area (Å²) in [5.74, 6) is 1.13. The van der Waals surface area contributed by atoms with Crippen molar-refractivity contribution in [2.75, 3.05) is 12.3 Å². The molecule has 1 aromatic rings. The first-order chi connectivity index (χ1) is 8.71. The summed E-state index contributed by atoms with van der Waals surface area (Å²) in [4.78, 5) is 1.35. The third-order valence-corrected chi connectivity index (χ3v) is 3.93. The lowest BCUT2D eigenvalue weighted by molar-refractivity contribution is 0.543. The molecule has 1 aromatic carbocycles. The molecule has 0 fully saturated rings. The highest BCUT2D eigenvalue weighted by Crippen LogP contribution is 2.25. The summed E-state index contributed by atoms with van der Waals surface area (Å²) in [6, 6.07) is 9.34. The Kier molecular flexibility index (Phi) is 7.14. The monoisotopic (exact) mass is 263 g/mol. The van der Waals surface area contributed by atoms with Crippen molar-refractivity contribution in [2.24, 2.45) is 0 Å². The Hall–Kier alpha value is -0.730. The molecule has 0 heterocycles. The zero-order chi connectivity index (χ0) is 13.4. The highest BCUT2D eigenvalue weighted by molar-refractivity contribution is 7.99. The van der Waals surface area contributed by atoms with Gasteiger partial charge in [-0.2, -0.15) is 0 Å². The Balaban J connectivity index is 2.75. The molecule has 1 N–H and O–H groups in total. The van der Waals surface area contributed by atoms with Crippen molar-refractivity contribution in [3.05, 3.63) is 42.0 Å². The van der Waals surface area contributed by atoms with Gasteiger partial charge in [-0.1, -0.05) is 45.1 Å². The zero-order valence-corrected chi connectivity index (χ0v) is 12.6. The van der Waals surface area contributed by atoms with Gasteiger partial charge in [0, 0.05) is 10.9 Å². The van der Waals surface area contributed by atoms with Gasteiger partial charge in [0.2, 0.25) is 0 Å². The first-order valence-electron chi connectivity index (χ1n) is 6.84. The van der Waals surface area contributed by atoms with Crippen LogP contribution in [-0.4, -0.2) is 12.3 Å². The number of nitrogens with one attached hydrogen (secondary N) is 1. The quantitative estimate of drug-likeness (QED) is 0.534. The molecular formula is C16H25NS. The van der Waals surface area contributed by atoms with E-state index < -0.39 is 0 Å². The second-order valence-electron chi connectivity index (χ2n) is 4.42. The molecule has 0 bridgehead atoms. The van der Waals surface area contributed by atoms with Crippen LogP contribution in [0.3, 0.4) is 0 Å². The fraction of sp³-hybridized carbons (Fsp3) is 0.500. The highest BCUT2D eigenvalue weighted by atomic mass is 32.2. The van der Waals surface area contributed by atoms with Crippen LogP contribution in [0.25, 0.3) is 0 Å². The molecule has 0 saturated heterocycles. The Bertz CT molecular complexity index is 356. The molecule has 0 saturated carbocycles. The second kappa shape index (κ2) is 8.39. The topological polar surface area (TPSA) is 12.0 Å². The van der Waals surface area contributed by atoms with Crippen LogP contribution in [0.2, 0.25) is 0 Å². The van der Waals surface area contributed by atoms with E-state index in [-0.39, 0.29) is 0 Å². The van der Waals surface area contributed by atoms with Crippen LogP contribution in [0.5, 0.6) is 0 Å². The number of rotatable bonds is 8. The summed E-state index contributed by atoms with van der Waals surface area (Å²) in [6.45, 7) is 11.6. The summed E-state index contributed by atoms with van der Waals surface area (Å²) in [7, 11) is 0. The average Bonchev–Trinajstić information content (AvgIpc) is 2.39. The van der Waals surface area contributed by atoms with Crippen molar-refractivity contribution >= 4 is 11.8 Å². The Morgan fingerprint density at radius 1 is 1.22 bits per heavy atom. The molecule has 1 rings (SSSR count). The molecule has 0 aliphatic rings. The van der Waals surface area contributed by atoms with E-state index >= 15 is 0 Å². The van der Waals surface area contributed by atoms with Gasteiger partial charge in [0.05, 0.1) is 0 Å². The van der Waals surface area contributed by atoms with Crippen molar-refractivity contribution in [2.45, 2.75) is 44.6 Å². The summed E-state index contributed by atoms with van der Waals surface area (Å²) in [6.07, 6.45) is 2.09. The number of benzene rings is 1. The molecule has 0 radical (unpaired) electrons. The van der Waals surface area contributed by atoms with Gasteiger partial charge in [-0.05, 0) is 42.8 Å². The van der Waals surface area contributed by atoms with Gasteiger partial charge < -0.3 is 5.32 Å². The second-order valence-corrected chi connectivity index (χ2v) is 5.76.